The van der Waals surface area contributed by atoms with E-state index in [1.54, 1.807) is 0 Å². The third-order valence-electron chi connectivity index (χ3n) is 5.48. The average molecular weight is 433 g/mol. The van der Waals surface area contributed by atoms with E-state index in [9.17, 15) is 0 Å². The maximum atomic E-state index is 2.79. The van der Waals surface area contributed by atoms with Crippen LogP contribution in [0, 0.1) is 0 Å². The summed E-state index contributed by atoms with van der Waals surface area (Å²) in [6.45, 7) is 11.0. The third-order valence-corrected chi connectivity index (χ3v) is 5.48. The predicted molar refractivity (Wildman–Crippen MR) is 122 cm³/mol. The van der Waals surface area contributed by atoms with Crippen LogP contribution in [0.25, 0.3) is 0 Å². The second kappa shape index (κ2) is 25.5. The molecular weight excluding hydrogens is 381 g/mol. The van der Waals surface area contributed by atoms with Crippen molar-refractivity contribution in [3.8, 4) is 0 Å². The molecule has 26 heavy (non-hydrogen) atoms. The second-order valence-electron chi connectivity index (χ2n) is 8.14. The van der Waals surface area contributed by atoms with Gasteiger partial charge < -0.3 is 4.90 Å². The molecule has 0 atom stereocenters. The van der Waals surface area contributed by atoms with Gasteiger partial charge in [-0.3, -0.25) is 0 Å². The first kappa shape index (κ1) is 28.7. The van der Waals surface area contributed by atoms with Crippen LogP contribution in [0.4, 0.5) is 0 Å². The Kier molecular flexibility index (Phi) is 28.1. The zero-order chi connectivity index (χ0) is 18.4. The van der Waals surface area contributed by atoms with Gasteiger partial charge in [-0.15, -0.1) is 0 Å². The molecule has 2 heteroatoms. The van der Waals surface area contributed by atoms with Crippen molar-refractivity contribution in [3.05, 3.63) is 0 Å². The van der Waals surface area contributed by atoms with E-state index in [2.05, 4.69) is 25.7 Å². The maximum absolute atomic E-state index is 2.79. The van der Waals surface area contributed by atoms with Crippen LogP contribution in [0.3, 0.4) is 0 Å². The Morgan fingerprint density at radius 2 is 0.577 bits per heavy atom. The van der Waals surface area contributed by atoms with Gasteiger partial charge in [0.2, 0.25) is 0 Å². The fourth-order valence-electron chi connectivity index (χ4n) is 3.68. The Hall–Kier alpha value is 0.479. The first-order chi connectivity index (χ1) is 12.3. The average Bonchev–Trinajstić information content (AvgIpc) is 2.63. The van der Waals surface area contributed by atoms with Gasteiger partial charge >= 0.3 is 0 Å². The van der Waals surface area contributed by atoms with Crippen LogP contribution in [0.15, 0.2) is 0 Å². The normalized spacial score (nSPS) is 11.1. The summed E-state index contributed by atoms with van der Waals surface area (Å²) in [5, 5.41) is 0. The van der Waals surface area contributed by atoms with Crippen LogP contribution < -0.4 is 0 Å². The van der Waals surface area contributed by atoms with Crippen LogP contribution in [-0.2, 0) is 0 Å². The largest absolute Gasteiger partial charge is 0.303 e. The molecular formula is C24H51NSe. The Balaban J connectivity index is 0. The molecule has 2 radical (unpaired) electrons. The molecule has 1 nitrogen and oxygen atoms in total. The Bertz CT molecular complexity index is 194. The van der Waals surface area contributed by atoms with Gasteiger partial charge in [0.25, 0.3) is 0 Å². The van der Waals surface area contributed by atoms with E-state index < -0.39 is 0 Å². The smallest absolute Gasteiger partial charge is 0 e. The molecule has 0 N–H and O–H groups in total. The van der Waals surface area contributed by atoms with Crippen molar-refractivity contribution in [2.75, 3.05) is 19.6 Å². The zero-order valence-corrected chi connectivity index (χ0v) is 20.4. The minimum Gasteiger partial charge on any atom is -0.303 e. The van der Waals surface area contributed by atoms with Gasteiger partial charge in [0.15, 0.2) is 0 Å². The molecule has 0 unspecified atom stereocenters. The van der Waals surface area contributed by atoms with E-state index in [1.165, 1.54) is 135 Å². The van der Waals surface area contributed by atoms with Crippen molar-refractivity contribution in [2.24, 2.45) is 0 Å². The fourth-order valence-corrected chi connectivity index (χ4v) is 3.68. The van der Waals surface area contributed by atoms with E-state index in [-0.39, 0.29) is 17.1 Å². The molecule has 0 aromatic heterocycles. The molecule has 158 valence electrons. The van der Waals surface area contributed by atoms with Gasteiger partial charge in [0.05, 0.1) is 0 Å². The molecule has 0 aliphatic carbocycles. The molecule has 0 saturated carbocycles. The quantitative estimate of drug-likeness (QED) is 0.131. The molecule has 0 aliphatic heterocycles. The standard InChI is InChI=1S/C24H51N.Se/c1-4-7-10-13-16-19-22-25(23-20-17-14-11-8-5-2)24-21-18-15-12-9-6-3;/h4-24H2,1-3H3;. The molecule has 0 heterocycles. The van der Waals surface area contributed by atoms with E-state index in [0.717, 1.165) is 0 Å². The van der Waals surface area contributed by atoms with Crippen molar-refractivity contribution in [1.82, 2.24) is 4.90 Å². The molecule has 0 aromatic carbocycles. The summed E-state index contributed by atoms with van der Waals surface area (Å²) in [6.07, 6.45) is 25.7. The van der Waals surface area contributed by atoms with Gasteiger partial charge in [0.1, 0.15) is 0 Å². The molecule has 0 aliphatic rings. The maximum Gasteiger partial charge on any atom is 0 e. The van der Waals surface area contributed by atoms with Crippen molar-refractivity contribution in [3.63, 3.8) is 0 Å². The number of nitrogens with zero attached hydrogens (tertiary/aromatic N) is 1. The number of rotatable bonds is 21. The number of hydrogen-bond donors (Lipinski definition) is 0. The minimum absolute atomic E-state index is 0. The Morgan fingerprint density at radius 3 is 0.846 bits per heavy atom. The summed E-state index contributed by atoms with van der Waals surface area (Å²) < 4.78 is 0. The van der Waals surface area contributed by atoms with Crippen LogP contribution in [0.5, 0.6) is 0 Å². The molecule has 0 fully saturated rings. The van der Waals surface area contributed by atoms with Crippen LogP contribution in [-0.4, -0.2) is 41.6 Å². The SMILES string of the molecule is CCCCCCCCN(CCCCCCCC)CCCCCCCC.[Se]. The first-order valence-electron chi connectivity index (χ1n) is 12.1. The van der Waals surface area contributed by atoms with Gasteiger partial charge in [-0.25, -0.2) is 0 Å². The molecule has 0 bridgehead atoms. The Labute approximate surface area is 177 Å². The van der Waals surface area contributed by atoms with Crippen molar-refractivity contribution >= 4 is 17.1 Å². The topological polar surface area (TPSA) is 3.24 Å². The van der Waals surface area contributed by atoms with Crippen LogP contribution in [0.2, 0.25) is 0 Å². The summed E-state index contributed by atoms with van der Waals surface area (Å²) in [4.78, 5) is 2.79. The monoisotopic (exact) mass is 433 g/mol. The van der Waals surface area contributed by atoms with E-state index in [4.69, 9.17) is 0 Å². The van der Waals surface area contributed by atoms with Gasteiger partial charge in [-0.2, -0.15) is 0 Å². The van der Waals surface area contributed by atoms with Crippen molar-refractivity contribution < 1.29 is 0 Å². The molecule has 0 spiro atoms. The molecule has 0 rings (SSSR count). The van der Waals surface area contributed by atoms with Crippen molar-refractivity contribution in [1.29, 1.82) is 0 Å². The number of hydrogen-bond acceptors (Lipinski definition) is 1. The summed E-state index contributed by atoms with van der Waals surface area (Å²) in [6, 6.07) is 0. The van der Waals surface area contributed by atoms with Gasteiger partial charge in [0, 0.05) is 17.1 Å². The Morgan fingerprint density at radius 1 is 0.346 bits per heavy atom. The minimum atomic E-state index is 0. The molecule has 0 amide bonds. The first-order valence-corrected chi connectivity index (χ1v) is 12.1. The number of unbranched alkanes of at least 4 members (excludes halogenated alkanes) is 15. The summed E-state index contributed by atoms with van der Waals surface area (Å²) >= 11 is 0. The van der Waals surface area contributed by atoms with E-state index in [1.807, 2.05) is 0 Å². The van der Waals surface area contributed by atoms with E-state index in [0.29, 0.717) is 0 Å². The zero-order valence-electron chi connectivity index (χ0n) is 18.7. The summed E-state index contributed by atoms with van der Waals surface area (Å²) in [5.41, 5.74) is 0. The van der Waals surface area contributed by atoms with Gasteiger partial charge in [-0.05, 0) is 38.9 Å². The predicted octanol–water partition coefficient (Wildman–Crippen LogP) is 7.99. The third kappa shape index (κ3) is 22.5. The summed E-state index contributed by atoms with van der Waals surface area (Å²) in [7, 11) is 0. The van der Waals surface area contributed by atoms with Crippen LogP contribution in [0.1, 0.15) is 136 Å². The van der Waals surface area contributed by atoms with Crippen molar-refractivity contribution in [2.45, 2.75) is 136 Å². The summed E-state index contributed by atoms with van der Waals surface area (Å²) in [5.74, 6) is 0. The second-order valence-corrected chi connectivity index (χ2v) is 8.14. The molecule has 0 saturated heterocycles. The van der Waals surface area contributed by atoms with Gasteiger partial charge in [-0.1, -0.05) is 117 Å². The molecule has 0 aromatic rings. The van der Waals surface area contributed by atoms with E-state index >= 15 is 0 Å². The van der Waals surface area contributed by atoms with Crippen LogP contribution >= 0.6 is 0 Å². The fraction of sp³-hybridized carbons (Fsp3) is 1.00.